The molecule has 1 atom stereocenters. The Kier molecular flexibility index (Phi) is 1.49. The molecule has 0 amide bonds. The first-order valence-electron chi connectivity index (χ1n) is 2.76. The zero-order chi connectivity index (χ0) is 5.98. The lowest BCUT2D eigenvalue weighted by Crippen LogP contribution is -2.10. The van der Waals surface area contributed by atoms with Crippen molar-refractivity contribution in [2.24, 2.45) is 0 Å². The second-order valence-electron chi connectivity index (χ2n) is 2.03. The zero-order valence-electron chi connectivity index (χ0n) is 5.05. The van der Waals surface area contributed by atoms with Crippen LogP contribution >= 0.6 is 0 Å². The first kappa shape index (κ1) is 5.57. The van der Waals surface area contributed by atoms with E-state index in [1.54, 1.807) is 0 Å². The summed E-state index contributed by atoms with van der Waals surface area (Å²) in [5.41, 5.74) is 1.06. The molecule has 0 spiro atoms. The van der Waals surface area contributed by atoms with Gasteiger partial charge in [0.05, 0.1) is 12.7 Å². The Morgan fingerprint density at radius 1 is 1.88 bits per heavy atom. The van der Waals surface area contributed by atoms with Gasteiger partial charge in [0, 0.05) is 0 Å². The summed E-state index contributed by atoms with van der Waals surface area (Å²) in [7, 11) is 0. The highest BCUT2D eigenvalue weighted by Crippen LogP contribution is 2.06. The molecule has 0 bridgehead atoms. The molecular formula is C7H10O. The number of hydrogen-bond acceptors (Lipinski definition) is 1. The lowest BCUT2D eigenvalue weighted by Gasteiger charge is -2.13. The Balaban J connectivity index is 2.55. The molecule has 0 fully saturated rings. The van der Waals surface area contributed by atoms with Crippen molar-refractivity contribution >= 4 is 0 Å². The maximum atomic E-state index is 5.20. The van der Waals surface area contributed by atoms with E-state index in [2.05, 4.69) is 6.58 Å². The molecule has 0 radical (unpaired) electrons. The van der Waals surface area contributed by atoms with Crippen molar-refractivity contribution in [1.29, 1.82) is 0 Å². The summed E-state index contributed by atoms with van der Waals surface area (Å²) >= 11 is 0. The molecule has 1 nitrogen and oxygen atoms in total. The van der Waals surface area contributed by atoms with Crippen LogP contribution in [-0.4, -0.2) is 12.7 Å². The third kappa shape index (κ3) is 1.20. The molecule has 1 heteroatoms. The molecule has 0 saturated heterocycles. The van der Waals surface area contributed by atoms with Crippen LogP contribution in [0.1, 0.15) is 6.92 Å². The Labute approximate surface area is 49.7 Å². The van der Waals surface area contributed by atoms with Gasteiger partial charge in [-0.1, -0.05) is 18.7 Å². The van der Waals surface area contributed by atoms with E-state index in [0.29, 0.717) is 6.61 Å². The van der Waals surface area contributed by atoms with Gasteiger partial charge in [0.1, 0.15) is 0 Å². The molecule has 0 N–H and O–H groups in total. The van der Waals surface area contributed by atoms with Crippen LogP contribution in [0.15, 0.2) is 24.3 Å². The third-order valence-corrected chi connectivity index (χ3v) is 1.13. The average Bonchev–Trinajstić information content (AvgIpc) is 1.77. The second kappa shape index (κ2) is 2.14. The minimum absolute atomic E-state index is 0.278. The maximum Gasteiger partial charge on any atom is 0.0735 e. The highest BCUT2D eigenvalue weighted by Gasteiger charge is 2.01. The van der Waals surface area contributed by atoms with Gasteiger partial charge in [-0.25, -0.2) is 0 Å². The fourth-order valence-corrected chi connectivity index (χ4v) is 0.614. The van der Waals surface area contributed by atoms with E-state index < -0.39 is 0 Å². The molecule has 1 unspecified atom stereocenters. The van der Waals surface area contributed by atoms with E-state index in [9.17, 15) is 0 Å². The molecule has 1 rings (SSSR count). The van der Waals surface area contributed by atoms with E-state index in [1.807, 2.05) is 19.1 Å². The largest absolute Gasteiger partial charge is 0.370 e. The quantitative estimate of drug-likeness (QED) is 0.459. The van der Waals surface area contributed by atoms with Crippen molar-refractivity contribution in [2.45, 2.75) is 13.0 Å². The summed E-state index contributed by atoms with van der Waals surface area (Å²) in [5.74, 6) is 0. The molecule has 1 aliphatic heterocycles. The summed E-state index contributed by atoms with van der Waals surface area (Å²) in [4.78, 5) is 0. The second-order valence-corrected chi connectivity index (χ2v) is 2.03. The topological polar surface area (TPSA) is 9.23 Å². The standard InChI is InChI=1S/C7H10O/c1-6-3-4-7(2)8-5-6/h3-4,7H,1,5H2,2H3. The van der Waals surface area contributed by atoms with E-state index in [0.717, 1.165) is 5.57 Å². The van der Waals surface area contributed by atoms with Gasteiger partial charge < -0.3 is 4.74 Å². The summed E-state index contributed by atoms with van der Waals surface area (Å²) in [6, 6.07) is 0. The Hall–Kier alpha value is -0.560. The molecule has 0 saturated carbocycles. The molecule has 44 valence electrons. The van der Waals surface area contributed by atoms with Crippen LogP contribution < -0.4 is 0 Å². The number of rotatable bonds is 0. The minimum Gasteiger partial charge on any atom is -0.370 e. The van der Waals surface area contributed by atoms with E-state index in [-0.39, 0.29) is 6.10 Å². The van der Waals surface area contributed by atoms with Gasteiger partial charge in [-0.3, -0.25) is 0 Å². The van der Waals surface area contributed by atoms with Gasteiger partial charge in [0.25, 0.3) is 0 Å². The fraction of sp³-hybridized carbons (Fsp3) is 0.429. The van der Waals surface area contributed by atoms with Crippen molar-refractivity contribution in [3.63, 3.8) is 0 Å². The van der Waals surface area contributed by atoms with Crippen LogP contribution in [0.4, 0.5) is 0 Å². The van der Waals surface area contributed by atoms with Crippen LogP contribution in [-0.2, 0) is 4.74 Å². The van der Waals surface area contributed by atoms with Crippen molar-refractivity contribution in [3.8, 4) is 0 Å². The molecular weight excluding hydrogens is 100 g/mol. The van der Waals surface area contributed by atoms with E-state index >= 15 is 0 Å². The van der Waals surface area contributed by atoms with Crippen LogP contribution in [0.2, 0.25) is 0 Å². The van der Waals surface area contributed by atoms with Crippen LogP contribution in [0.5, 0.6) is 0 Å². The Morgan fingerprint density at radius 2 is 2.62 bits per heavy atom. The summed E-state index contributed by atoms with van der Waals surface area (Å²) in [6.07, 6.45) is 4.29. The van der Waals surface area contributed by atoms with Crippen molar-refractivity contribution < 1.29 is 4.74 Å². The first-order valence-corrected chi connectivity index (χ1v) is 2.76. The fourth-order valence-electron chi connectivity index (χ4n) is 0.614. The predicted molar refractivity (Wildman–Crippen MR) is 33.7 cm³/mol. The van der Waals surface area contributed by atoms with Gasteiger partial charge >= 0.3 is 0 Å². The van der Waals surface area contributed by atoms with E-state index in [4.69, 9.17) is 4.74 Å². The molecule has 1 heterocycles. The normalized spacial score (nSPS) is 28.6. The summed E-state index contributed by atoms with van der Waals surface area (Å²) in [5, 5.41) is 0. The van der Waals surface area contributed by atoms with Crippen LogP contribution in [0.25, 0.3) is 0 Å². The van der Waals surface area contributed by atoms with Crippen LogP contribution in [0.3, 0.4) is 0 Å². The molecule has 0 aromatic rings. The molecule has 0 aromatic heterocycles. The first-order chi connectivity index (χ1) is 3.79. The highest BCUT2D eigenvalue weighted by molar-refractivity contribution is 5.18. The monoisotopic (exact) mass is 110 g/mol. The van der Waals surface area contributed by atoms with E-state index in [1.165, 1.54) is 0 Å². The highest BCUT2D eigenvalue weighted by atomic mass is 16.5. The SMILES string of the molecule is C=C1C=CC(C)OC1. The third-order valence-electron chi connectivity index (χ3n) is 1.13. The van der Waals surface area contributed by atoms with Gasteiger partial charge in [0.2, 0.25) is 0 Å². The van der Waals surface area contributed by atoms with Crippen LogP contribution in [0, 0.1) is 0 Å². The molecule has 8 heavy (non-hydrogen) atoms. The predicted octanol–water partition coefficient (Wildman–Crippen LogP) is 1.52. The number of hydrogen-bond donors (Lipinski definition) is 0. The maximum absolute atomic E-state index is 5.20. The Morgan fingerprint density at radius 3 is 3.00 bits per heavy atom. The summed E-state index contributed by atoms with van der Waals surface area (Å²) in [6.45, 7) is 6.45. The lowest BCUT2D eigenvalue weighted by molar-refractivity contribution is 0.113. The smallest absolute Gasteiger partial charge is 0.0735 e. The molecule has 1 aliphatic rings. The van der Waals surface area contributed by atoms with Gasteiger partial charge in [0.15, 0.2) is 0 Å². The van der Waals surface area contributed by atoms with Crippen molar-refractivity contribution in [1.82, 2.24) is 0 Å². The van der Waals surface area contributed by atoms with Crippen molar-refractivity contribution in [3.05, 3.63) is 24.3 Å². The number of ether oxygens (including phenoxy) is 1. The van der Waals surface area contributed by atoms with Crippen molar-refractivity contribution in [2.75, 3.05) is 6.61 Å². The lowest BCUT2D eigenvalue weighted by atomic mass is 10.2. The zero-order valence-corrected chi connectivity index (χ0v) is 5.05. The van der Waals surface area contributed by atoms with Gasteiger partial charge in [-0.2, -0.15) is 0 Å². The minimum atomic E-state index is 0.278. The Bertz CT molecular complexity index is 124. The molecule has 0 aromatic carbocycles. The average molecular weight is 110 g/mol. The molecule has 0 aliphatic carbocycles. The summed E-state index contributed by atoms with van der Waals surface area (Å²) < 4.78 is 5.20. The van der Waals surface area contributed by atoms with Gasteiger partial charge in [-0.15, -0.1) is 0 Å². The van der Waals surface area contributed by atoms with Gasteiger partial charge in [-0.05, 0) is 12.5 Å².